The zero-order chi connectivity index (χ0) is 16.0. The van der Waals surface area contributed by atoms with E-state index in [-0.39, 0.29) is 5.92 Å². The highest BCUT2D eigenvalue weighted by Gasteiger charge is 2.39. The lowest BCUT2D eigenvalue weighted by Crippen LogP contribution is -2.45. The second kappa shape index (κ2) is 5.03. The van der Waals surface area contributed by atoms with Crippen LogP contribution < -0.4 is 10.5 Å². The highest BCUT2D eigenvalue weighted by Crippen LogP contribution is 2.39. The van der Waals surface area contributed by atoms with Crippen LogP contribution in [0.4, 0.5) is 8.78 Å². The number of carbonyl (C=O) groups excluding carboxylic acids is 1. The number of nitrogens with one attached hydrogen (secondary N) is 1. The van der Waals surface area contributed by atoms with Crippen LogP contribution >= 0.6 is 0 Å². The minimum atomic E-state index is -4.45. The van der Waals surface area contributed by atoms with Gasteiger partial charge >= 0.3 is 0 Å². The monoisotopic (exact) mass is 318 g/mol. The van der Waals surface area contributed by atoms with Gasteiger partial charge in [0.05, 0.1) is 5.56 Å². The van der Waals surface area contributed by atoms with Crippen molar-refractivity contribution < 1.29 is 22.0 Å². The zero-order valence-corrected chi connectivity index (χ0v) is 12.4. The van der Waals surface area contributed by atoms with Crippen molar-refractivity contribution in [3.05, 3.63) is 29.3 Å². The van der Waals surface area contributed by atoms with Gasteiger partial charge in [-0.25, -0.2) is 22.3 Å². The fourth-order valence-electron chi connectivity index (χ4n) is 2.20. The van der Waals surface area contributed by atoms with Crippen molar-refractivity contribution in [2.45, 2.75) is 37.1 Å². The molecule has 2 rings (SSSR count). The molecular formula is C13H16F2N2O3S. The highest BCUT2D eigenvalue weighted by atomic mass is 32.2. The van der Waals surface area contributed by atoms with E-state index < -0.39 is 43.6 Å². The molecule has 1 saturated carbocycles. The Labute approximate surface area is 121 Å². The minimum absolute atomic E-state index is 0.274. The van der Waals surface area contributed by atoms with Crippen LogP contribution in [-0.4, -0.2) is 19.9 Å². The Morgan fingerprint density at radius 2 is 1.90 bits per heavy atom. The number of sulfonamides is 1. The standard InChI is InChI=1S/C13H16F2N2O3S/c1-13(2,7-3-4-7)17-12(18)9-5-8(14)6-10(11(9)15)21(16,19)20/h5-7H,3-4H2,1-2H3,(H,17,18)(H2,16,19,20). The van der Waals surface area contributed by atoms with Gasteiger partial charge in [-0.2, -0.15) is 0 Å². The van der Waals surface area contributed by atoms with Gasteiger partial charge in [0, 0.05) is 5.54 Å². The molecule has 1 fully saturated rings. The Balaban J connectivity index is 2.39. The van der Waals surface area contributed by atoms with Gasteiger partial charge in [0.1, 0.15) is 10.7 Å². The molecule has 116 valence electrons. The van der Waals surface area contributed by atoms with Gasteiger partial charge in [-0.3, -0.25) is 4.79 Å². The summed E-state index contributed by atoms with van der Waals surface area (Å²) in [5.74, 6) is -2.98. The summed E-state index contributed by atoms with van der Waals surface area (Å²) < 4.78 is 50.0. The van der Waals surface area contributed by atoms with E-state index in [4.69, 9.17) is 5.14 Å². The molecule has 0 unspecified atom stereocenters. The Hall–Kier alpha value is -1.54. The van der Waals surface area contributed by atoms with Crippen LogP contribution in [0.1, 0.15) is 37.0 Å². The number of benzene rings is 1. The lowest BCUT2D eigenvalue weighted by Gasteiger charge is -2.26. The molecule has 0 heterocycles. The van der Waals surface area contributed by atoms with E-state index in [1.807, 2.05) is 0 Å². The van der Waals surface area contributed by atoms with E-state index >= 15 is 0 Å². The normalized spacial score (nSPS) is 15.9. The summed E-state index contributed by atoms with van der Waals surface area (Å²) in [4.78, 5) is 11.1. The lowest BCUT2D eigenvalue weighted by atomic mass is 9.98. The fourth-order valence-corrected chi connectivity index (χ4v) is 2.84. The van der Waals surface area contributed by atoms with Gasteiger partial charge in [0.15, 0.2) is 5.82 Å². The van der Waals surface area contributed by atoms with Crippen LogP contribution in [0.3, 0.4) is 0 Å². The first-order valence-corrected chi connectivity index (χ1v) is 7.91. The third-order valence-corrected chi connectivity index (χ3v) is 4.50. The van der Waals surface area contributed by atoms with Crippen LogP contribution in [0.15, 0.2) is 17.0 Å². The third-order valence-electron chi connectivity index (χ3n) is 3.59. The number of amides is 1. The molecule has 0 spiro atoms. The Morgan fingerprint density at radius 1 is 1.33 bits per heavy atom. The first kappa shape index (κ1) is 15.8. The predicted octanol–water partition coefficient (Wildman–Crippen LogP) is 1.53. The van der Waals surface area contributed by atoms with E-state index in [0.29, 0.717) is 12.1 Å². The van der Waals surface area contributed by atoms with E-state index in [9.17, 15) is 22.0 Å². The first-order valence-electron chi connectivity index (χ1n) is 6.37. The highest BCUT2D eigenvalue weighted by molar-refractivity contribution is 7.89. The van der Waals surface area contributed by atoms with Crippen molar-refractivity contribution in [1.82, 2.24) is 5.32 Å². The molecule has 0 aliphatic heterocycles. The average molecular weight is 318 g/mol. The van der Waals surface area contributed by atoms with E-state index in [2.05, 4.69) is 5.32 Å². The Kier molecular flexibility index (Phi) is 3.79. The lowest BCUT2D eigenvalue weighted by molar-refractivity contribution is 0.0898. The molecule has 8 heteroatoms. The largest absolute Gasteiger partial charge is 0.347 e. The molecule has 0 saturated heterocycles. The minimum Gasteiger partial charge on any atom is -0.347 e. The molecule has 0 atom stereocenters. The van der Waals surface area contributed by atoms with Crippen molar-refractivity contribution in [3.63, 3.8) is 0 Å². The summed E-state index contributed by atoms with van der Waals surface area (Å²) in [6.07, 6.45) is 1.89. The average Bonchev–Trinajstić information content (AvgIpc) is 3.13. The summed E-state index contributed by atoms with van der Waals surface area (Å²) in [5, 5.41) is 7.41. The van der Waals surface area contributed by atoms with Crippen LogP contribution in [-0.2, 0) is 10.0 Å². The number of hydrogen-bond acceptors (Lipinski definition) is 3. The van der Waals surface area contributed by atoms with Crippen molar-refractivity contribution in [1.29, 1.82) is 0 Å². The summed E-state index contributed by atoms with van der Waals surface area (Å²) in [6.45, 7) is 3.56. The third kappa shape index (κ3) is 3.38. The summed E-state index contributed by atoms with van der Waals surface area (Å²) in [7, 11) is -4.45. The van der Waals surface area contributed by atoms with Gasteiger partial charge in [0.2, 0.25) is 10.0 Å². The molecule has 1 aliphatic rings. The van der Waals surface area contributed by atoms with Gasteiger partial charge < -0.3 is 5.32 Å². The van der Waals surface area contributed by atoms with E-state index in [1.54, 1.807) is 13.8 Å². The smallest absolute Gasteiger partial charge is 0.254 e. The maximum absolute atomic E-state index is 14.1. The van der Waals surface area contributed by atoms with Crippen molar-refractivity contribution in [3.8, 4) is 0 Å². The van der Waals surface area contributed by atoms with Crippen LogP contribution in [0, 0.1) is 17.6 Å². The van der Waals surface area contributed by atoms with Crippen molar-refractivity contribution >= 4 is 15.9 Å². The topological polar surface area (TPSA) is 89.3 Å². The Bertz CT molecular complexity index is 698. The van der Waals surface area contributed by atoms with Crippen LogP contribution in [0.2, 0.25) is 0 Å². The number of hydrogen-bond donors (Lipinski definition) is 2. The molecule has 1 aromatic rings. The maximum Gasteiger partial charge on any atom is 0.254 e. The van der Waals surface area contributed by atoms with Gasteiger partial charge in [-0.15, -0.1) is 0 Å². The van der Waals surface area contributed by atoms with Gasteiger partial charge in [-0.05, 0) is 44.7 Å². The molecule has 1 amide bonds. The molecule has 3 N–H and O–H groups in total. The summed E-state index contributed by atoms with van der Waals surface area (Å²) >= 11 is 0. The number of primary sulfonamides is 1. The second-order valence-electron chi connectivity index (χ2n) is 5.76. The second-order valence-corrected chi connectivity index (χ2v) is 7.29. The maximum atomic E-state index is 14.1. The number of nitrogens with two attached hydrogens (primary N) is 1. The molecule has 1 aromatic carbocycles. The van der Waals surface area contributed by atoms with E-state index in [0.717, 1.165) is 12.8 Å². The molecule has 1 aliphatic carbocycles. The SMILES string of the molecule is CC(C)(NC(=O)c1cc(F)cc(S(N)(=O)=O)c1F)C1CC1. The van der Waals surface area contributed by atoms with E-state index in [1.165, 1.54) is 0 Å². The fraction of sp³-hybridized carbons (Fsp3) is 0.462. The molecule has 5 nitrogen and oxygen atoms in total. The first-order chi connectivity index (χ1) is 9.52. The number of rotatable bonds is 4. The summed E-state index contributed by atoms with van der Waals surface area (Å²) in [5.41, 5.74) is -1.25. The molecule has 0 aromatic heterocycles. The van der Waals surface area contributed by atoms with Crippen molar-refractivity contribution in [2.75, 3.05) is 0 Å². The molecule has 21 heavy (non-hydrogen) atoms. The number of halogens is 2. The summed E-state index contributed by atoms with van der Waals surface area (Å²) in [6, 6.07) is 1.11. The van der Waals surface area contributed by atoms with Crippen LogP contribution in [0.25, 0.3) is 0 Å². The zero-order valence-electron chi connectivity index (χ0n) is 11.6. The van der Waals surface area contributed by atoms with Crippen molar-refractivity contribution in [2.24, 2.45) is 11.1 Å². The van der Waals surface area contributed by atoms with Gasteiger partial charge in [0.25, 0.3) is 5.91 Å². The predicted molar refractivity (Wildman–Crippen MR) is 72.0 cm³/mol. The Morgan fingerprint density at radius 3 is 2.38 bits per heavy atom. The van der Waals surface area contributed by atoms with Crippen LogP contribution in [0.5, 0.6) is 0 Å². The quantitative estimate of drug-likeness (QED) is 0.882. The molecular weight excluding hydrogens is 302 g/mol. The van der Waals surface area contributed by atoms with Gasteiger partial charge in [-0.1, -0.05) is 0 Å². The molecule has 0 bridgehead atoms. The molecule has 0 radical (unpaired) electrons. The number of carbonyl (C=O) groups is 1.